The summed E-state index contributed by atoms with van der Waals surface area (Å²) in [5.74, 6) is 0.777. The van der Waals surface area contributed by atoms with E-state index in [9.17, 15) is 5.26 Å². The second kappa shape index (κ2) is 9.03. The monoisotopic (exact) mass is 379 g/mol. The molecular formula is C26H25N3. The van der Waals surface area contributed by atoms with Gasteiger partial charge in [0.05, 0.1) is 5.56 Å². The largest absolute Gasteiger partial charge is 0.346 e. The third-order valence-corrected chi connectivity index (χ3v) is 5.19. The van der Waals surface area contributed by atoms with Crippen molar-refractivity contribution in [3.63, 3.8) is 0 Å². The summed E-state index contributed by atoms with van der Waals surface area (Å²) in [6, 6.07) is 14.7. The molecule has 1 aliphatic heterocycles. The summed E-state index contributed by atoms with van der Waals surface area (Å²) in [4.78, 5) is 4.33. The lowest BCUT2D eigenvalue weighted by Crippen LogP contribution is -2.16. The second-order valence-corrected chi connectivity index (χ2v) is 6.82. The molecule has 0 atom stereocenters. The first-order valence-electron chi connectivity index (χ1n) is 9.71. The topological polar surface area (TPSA) is 48.2 Å². The van der Waals surface area contributed by atoms with Gasteiger partial charge in [-0.25, -0.2) is 0 Å². The molecule has 29 heavy (non-hydrogen) atoms. The quantitative estimate of drug-likeness (QED) is 0.737. The minimum absolute atomic E-state index is 0.756. The molecule has 2 aromatic rings. The number of benzene rings is 2. The van der Waals surface area contributed by atoms with Crippen LogP contribution in [0.1, 0.15) is 29.2 Å². The van der Waals surface area contributed by atoms with Crippen LogP contribution in [0.25, 0.3) is 16.7 Å². The van der Waals surface area contributed by atoms with Crippen LogP contribution < -0.4 is 5.32 Å². The van der Waals surface area contributed by atoms with Gasteiger partial charge in [0.2, 0.25) is 0 Å². The molecule has 0 saturated heterocycles. The van der Waals surface area contributed by atoms with Crippen LogP contribution in [0.5, 0.6) is 0 Å². The Balaban J connectivity index is 2.19. The molecule has 0 spiro atoms. The number of nitrogens with zero attached hydrogens (tertiary/aromatic N) is 2. The second-order valence-electron chi connectivity index (χ2n) is 6.82. The fourth-order valence-electron chi connectivity index (χ4n) is 3.54. The number of aryl methyl sites for hydroxylation is 1. The smallest absolute Gasteiger partial charge is 0.125 e. The fourth-order valence-corrected chi connectivity index (χ4v) is 3.54. The Labute approximate surface area is 173 Å². The third kappa shape index (κ3) is 4.12. The van der Waals surface area contributed by atoms with Crippen molar-refractivity contribution in [1.29, 1.82) is 5.26 Å². The average molecular weight is 380 g/mol. The Kier molecular flexibility index (Phi) is 6.26. The van der Waals surface area contributed by atoms with E-state index in [0.717, 1.165) is 56.8 Å². The summed E-state index contributed by atoms with van der Waals surface area (Å²) in [5, 5.41) is 13.0. The molecule has 0 unspecified atom stereocenters. The van der Waals surface area contributed by atoms with E-state index >= 15 is 0 Å². The number of nitriles is 1. The average Bonchev–Trinajstić information content (AvgIpc) is 2.74. The molecule has 0 bridgehead atoms. The van der Waals surface area contributed by atoms with Crippen molar-refractivity contribution in [3.05, 3.63) is 101 Å². The third-order valence-electron chi connectivity index (χ3n) is 5.19. The molecule has 0 radical (unpaired) electrons. The molecule has 1 N–H and O–H groups in total. The van der Waals surface area contributed by atoms with Gasteiger partial charge in [0, 0.05) is 13.2 Å². The summed E-state index contributed by atoms with van der Waals surface area (Å²) in [7, 11) is 1.77. The lowest BCUT2D eigenvalue weighted by molar-refractivity contribution is 1.13. The standard InChI is InChI=1S/C26H25N3/c1-5-19-13-14-21(15-26(28-4)29-17-19)22-10-8-11-23(18(22)3)24-12-7-9-20(6-2)25(24)16-27/h5,7-15,17H,1,6H2,2-4H3,(H,28,29). The van der Waals surface area contributed by atoms with Gasteiger partial charge in [-0.2, -0.15) is 5.26 Å². The maximum atomic E-state index is 9.78. The summed E-state index contributed by atoms with van der Waals surface area (Å²) >= 11 is 0. The predicted octanol–water partition coefficient (Wildman–Crippen LogP) is 5.74. The first-order chi connectivity index (χ1) is 14.1. The molecule has 2 aromatic carbocycles. The first-order valence-corrected chi connectivity index (χ1v) is 9.71. The van der Waals surface area contributed by atoms with Gasteiger partial charge in [-0.3, -0.25) is 4.99 Å². The number of hydrogen-bond donors (Lipinski definition) is 1. The summed E-state index contributed by atoms with van der Waals surface area (Å²) in [6.07, 6.45) is 10.7. The van der Waals surface area contributed by atoms with Gasteiger partial charge in [-0.05, 0) is 58.4 Å². The van der Waals surface area contributed by atoms with Crippen LogP contribution in [0.2, 0.25) is 0 Å². The van der Waals surface area contributed by atoms with Crippen LogP contribution in [-0.2, 0) is 6.42 Å². The van der Waals surface area contributed by atoms with Gasteiger partial charge in [0.1, 0.15) is 11.9 Å². The Bertz CT molecular complexity index is 1110. The zero-order valence-corrected chi connectivity index (χ0v) is 17.2. The molecule has 0 amide bonds. The number of rotatable bonds is 4. The van der Waals surface area contributed by atoms with Crippen molar-refractivity contribution >= 4 is 11.4 Å². The molecule has 0 saturated carbocycles. The van der Waals surface area contributed by atoms with Gasteiger partial charge in [-0.1, -0.05) is 68.1 Å². The van der Waals surface area contributed by atoms with Crippen molar-refractivity contribution in [1.82, 2.24) is 5.32 Å². The normalized spacial score (nSPS) is 16.7. The molecule has 1 aliphatic rings. The number of hydrogen-bond acceptors (Lipinski definition) is 2. The molecule has 0 aliphatic carbocycles. The van der Waals surface area contributed by atoms with Gasteiger partial charge >= 0.3 is 0 Å². The van der Waals surface area contributed by atoms with Crippen LogP contribution in [0.3, 0.4) is 0 Å². The van der Waals surface area contributed by atoms with E-state index in [1.807, 2.05) is 42.6 Å². The Morgan fingerprint density at radius 2 is 1.83 bits per heavy atom. The SMILES string of the molecule is C=CC1=CNC(=NC)/C=C(/c2cccc(-c3cccc(CC)c3C#N)c2C)C=C1. The Hall–Kier alpha value is -3.64. The number of amidine groups is 1. The molecule has 3 rings (SSSR count). The van der Waals surface area contributed by atoms with Crippen LogP contribution in [0, 0.1) is 18.3 Å². The van der Waals surface area contributed by atoms with Crippen molar-refractivity contribution in [3.8, 4) is 17.2 Å². The molecular weight excluding hydrogens is 354 g/mol. The lowest BCUT2D eigenvalue weighted by atomic mass is 9.88. The van der Waals surface area contributed by atoms with Crippen molar-refractivity contribution in [2.24, 2.45) is 4.99 Å². The Morgan fingerprint density at radius 3 is 2.52 bits per heavy atom. The van der Waals surface area contributed by atoms with Gasteiger partial charge in [-0.15, -0.1) is 0 Å². The molecule has 144 valence electrons. The maximum absolute atomic E-state index is 9.78. The minimum atomic E-state index is 0.756. The molecule has 1 heterocycles. The van der Waals surface area contributed by atoms with E-state index in [2.05, 4.69) is 55.0 Å². The van der Waals surface area contributed by atoms with Crippen LogP contribution in [0.15, 0.2) is 84.0 Å². The highest BCUT2D eigenvalue weighted by Gasteiger charge is 2.14. The van der Waals surface area contributed by atoms with Crippen molar-refractivity contribution in [2.45, 2.75) is 20.3 Å². The highest BCUT2D eigenvalue weighted by molar-refractivity contribution is 6.02. The van der Waals surface area contributed by atoms with E-state index < -0.39 is 0 Å². The molecule has 3 heteroatoms. The van der Waals surface area contributed by atoms with E-state index in [4.69, 9.17) is 0 Å². The highest BCUT2D eigenvalue weighted by Crippen LogP contribution is 2.33. The molecule has 0 aromatic heterocycles. The highest BCUT2D eigenvalue weighted by atomic mass is 15.0. The minimum Gasteiger partial charge on any atom is -0.346 e. The van der Waals surface area contributed by atoms with E-state index in [1.165, 1.54) is 0 Å². The number of nitrogens with one attached hydrogen (secondary N) is 1. The van der Waals surface area contributed by atoms with E-state index in [-0.39, 0.29) is 0 Å². The van der Waals surface area contributed by atoms with Crippen LogP contribution >= 0.6 is 0 Å². The van der Waals surface area contributed by atoms with Crippen molar-refractivity contribution in [2.75, 3.05) is 7.05 Å². The van der Waals surface area contributed by atoms with E-state index in [1.54, 1.807) is 13.1 Å². The Morgan fingerprint density at radius 1 is 1.10 bits per heavy atom. The zero-order chi connectivity index (χ0) is 20.8. The van der Waals surface area contributed by atoms with Gasteiger partial charge in [0.25, 0.3) is 0 Å². The summed E-state index contributed by atoms with van der Waals surface area (Å²) in [5.41, 5.74) is 8.16. The maximum Gasteiger partial charge on any atom is 0.125 e. The summed E-state index contributed by atoms with van der Waals surface area (Å²) in [6.45, 7) is 8.05. The number of aliphatic imine (C=N–C) groups is 1. The first kappa shape index (κ1) is 20.1. The molecule has 3 nitrogen and oxygen atoms in total. The zero-order valence-electron chi connectivity index (χ0n) is 17.2. The van der Waals surface area contributed by atoms with Gasteiger partial charge in [0.15, 0.2) is 0 Å². The molecule has 0 fully saturated rings. The van der Waals surface area contributed by atoms with Crippen LogP contribution in [-0.4, -0.2) is 12.9 Å². The number of allylic oxidation sites excluding steroid dienone is 5. The van der Waals surface area contributed by atoms with Gasteiger partial charge < -0.3 is 5.32 Å². The predicted molar refractivity (Wildman–Crippen MR) is 123 cm³/mol. The van der Waals surface area contributed by atoms with Crippen molar-refractivity contribution < 1.29 is 0 Å². The lowest BCUT2D eigenvalue weighted by Gasteiger charge is -2.16. The van der Waals surface area contributed by atoms with E-state index in [0.29, 0.717) is 0 Å². The summed E-state index contributed by atoms with van der Waals surface area (Å²) < 4.78 is 0. The fraction of sp³-hybridized carbons (Fsp3) is 0.154. The van der Waals surface area contributed by atoms with Crippen LogP contribution in [0.4, 0.5) is 0 Å².